The highest BCUT2D eigenvalue weighted by Gasteiger charge is 2.41. The van der Waals surface area contributed by atoms with Gasteiger partial charge in [0.2, 0.25) is 5.91 Å². The molecular formula is C27H30N4O4. The van der Waals surface area contributed by atoms with Crippen LogP contribution < -0.4 is 20.1 Å². The number of likely N-dealkylation sites (tertiary alicyclic amines) is 1. The van der Waals surface area contributed by atoms with Crippen molar-refractivity contribution >= 4 is 17.6 Å². The highest BCUT2D eigenvalue weighted by molar-refractivity contribution is 5.91. The van der Waals surface area contributed by atoms with Gasteiger partial charge in [0.25, 0.3) is 0 Å². The molecule has 1 saturated heterocycles. The number of nitrogens with zero attached hydrogens (tertiary/aromatic N) is 2. The van der Waals surface area contributed by atoms with Crippen LogP contribution >= 0.6 is 0 Å². The van der Waals surface area contributed by atoms with Gasteiger partial charge in [-0.25, -0.2) is 4.79 Å². The second kappa shape index (κ2) is 10.9. The molecule has 2 atom stereocenters. The van der Waals surface area contributed by atoms with Gasteiger partial charge in [0.1, 0.15) is 11.5 Å². The molecule has 2 N–H and O–H groups in total. The van der Waals surface area contributed by atoms with E-state index in [1.807, 2.05) is 61.5 Å². The van der Waals surface area contributed by atoms with Crippen LogP contribution in [0.1, 0.15) is 22.7 Å². The molecule has 8 nitrogen and oxygen atoms in total. The van der Waals surface area contributed by atoms with Crippen molar-refractivity contribution in [1.29, 1.82) is 0 Å². The van der Waals surface area contributed by atoms with Crippen LogP contribution in [0.2, 0.25) is 0 Å². The van der Waals surface area contributed by atoms with Crippen LogP contribution in [0.3, 0.4) is 0 Å². The zero-order valence-corrected chi connectivity index (χ0v) is 20.2. The van der Waals surface area contributed by atoms with Gasteiger partial charge in [-0.1, -0.05) is 29.8 Å². The molecule has 2 unspecified atom stereocenters. The zero-order valence-electron chi connectivity index (χ0n) is 20.2. The lowest BCUT2D eigenvalue weighted by Gasteiger charge is -2.21. The largest absolute Gasteiger partial charge is 0.497 e. The Labute approximate surface area is 205 Å². The van der Waals surface area contributed by atoms with Crippen molar-refractivity contribution in [1.82, 2.24) is 15.2 Å². The van der Waals surface area contributed by atoms with Gasteiger partial charge in [-0.3, -0.25) is 9.78 Å². The van der Waals surface area contributed by atoms with Gasteiger partial charge in [-0.15, -0.1) is 0 Å². The smallest absolute Gasteiger partial charge is 0.321 e. The Morgan fingerprint density at radius 3 is 2.51 bits per heavy atom. The standard InChI is InChI=1S/C27H30N4O4/c1-18-7-9-19(10-8-18)30-27(33)31-16-23(22-12-11-21(34-2)14-25(22)35-3)24(17-31)26(32)29-15-20-6-4-5-13-28-20/h4-14,23-24H,15-17H2,1-3H3,(H,29,32)(H,30,33). The molecule has 3 amide bonds. The van der Waals surface area contributed by atoms with Gasteiger partial charge in [0.15, 0.2) is 0 Å². The Balaban J connectivity index is 1.56. The van der Waals surface area contributed by atoms with Crippen LogP contribution in [0.15, 0.2) is 66.9 Å². The number of aryl methyl sites for hydroxylation is 1. The summed E-state index contributed by atoms with van der Waals surface area (Å²) in [6.07, 6.45) is 1.69. The van der Waals surface area contributed by atoms with Crippen molar-refractivity contribution in [3.63, 3.8) is 0 Å². The molecule has 1 aromatic heterocycles. The first-order valence-corrected chi connectivity index (χ1v) is 11.5. The van der Waals surface area contributed by atoms with Crippen molar-refractivity contribution in [3.05, 3.63) is 83.7 Å². The maximum Gasteiger partial charge on any atom is 0.321 e. The number of amides is 3. The van der Waals surface area contributed by atoms with Gasteiger partial charge >= 0.3 is 6.03 Å². The highest BCUT2D eigenvalue weighted by Crippen LogP contribution is 2.39. The fraction of sp³-hybridized carbons (Fsp3) is 0.296. The predicted octanol–water partition coefficient (Wildman–Crippen LogP) is 3.97. The van der Waals surface area contributed by atoms with Crippen molar-refractivity contribution in [2.75, 3.05) is 32.6 Å². The predicted molar refractivity (Wildman–Crippen MR) is 134 cm³/mol. The van der Waals surface area contributed by atoms with Crippen molar-refractivity contribution in [3.8, 4) is 11.5 Å². The fourth-order valence-corrected chi connectivity index (χ4v) is 4.33. The minimum atomic E-state index is -0.454. The number of ether oxygens (including phenoxy) is 2. The number of anilines is 1. The highest BCUT2D eigenvalue weighted by atomic mass is 16.5. The maximum atomic E-state index is 13.3. The molecule has 1 aliphatic rings. The van der Waals surface area contributed by atoms with Crippen LogP contribution in [0.5, 0.6) is 11.5 Å². The first-order valence-electron chi connectivity index (χ1n) is 11.5. The number of methoxy groups -OCH3 is 2. The summed E-state index contributed by atoms with van der Waals surface area (Å²) in [6.45, 7) is 2.97. The molecule has 1 aliphatic heterocycles. The first kappa shape index (κ1) is 24.1. The van der Waals surface area contributed by atoms with E-state index < -0.39 is 5.92 Å². The summed E-state index contributed by atoms with van der Waals surface area (Å²) in [5.74, 6) is 0.448. The molecule has 3 aromatic rings. The fourth-order valence-electron chi connectivity index (χ4n) is 4.33. The van der Waals surface area contributed by atoms with E-state index in [4.69, 9.17) is 9.47 Å². The van der Waals surface area contributed by atoms with E-state index in [0.717, 1.165) is 16.8 Å². The third-order valence-electron chi connectivity index (χ3n) is 6.26. The number of aromatic nitrogens is 1. The molecule has 1 fully saturated rings. The number of nitrogens with one attached hydrogen (secondary N) is 2. The summed E-state index contributed by atoms with van der Waals surface area (Å²) >= 11 is 0. The monoisotopic (exact) mass is 474 g/mol. The normalized spacial score (nSPS) is 17.1. The number of carbonyl (C=O) groups is 2. The van der Waals surface area contributed by atoms with E-state index in [0.29, 0.717) is 30.3 Å². The molecule has 0 saturated carbocycles. The number of carbonyl (C=O) groups excluding carboxylic acids is 2. The number of rotatable bonds is 7. The topological polar surface area (TPSA) is 92.8 Å². The molecule has 2 aromatic carbocycles. The van der Waals surface area contributed by atoms with E-state index in [9.17, 15) is 9.59 Å². The molecule has 35 heavy (non-hydrogen) atoms. The number of urea groups is 1. The molecule has 0 bridgehead atoms. The Hall–Kier alpha value is -4.07. The Morgan fingerprint density at radius 1 is 1.03 bits per heavy atom. The first-order chi connectivity index (χ1) is 17.0. The number of hydrogen-bond donors (Lipinski definition) is 2. The van der Waals surface area contributed by atoms with Gasteiger partial charge in [-0.05, 0) is 37.3 Å². The summed E-state index contributed by atoms with van der Waals surface area (Å²) in [7, 11) is 3.18. The van der Waals surface area contributed by atoms with Gasteiger partial charge in [0.05, 0.1) is 32.4 Å². The number of benzene rings is 2. The molecule has 0 radical (unpaired) electrons. The van der Waals surface area contributed by atoms with Crippen LogP contribution in [-0.2, 0) is 11.3 Å². The van der Waals surface area contributed by atoms with E-state index in [1.165, 1.54) is 0 Å². The minimum Gasteiger partial charge on any atom is -0.497 e. The van der Waals surface area contributed by atoms with E-state index in [2.05, 4.69) is 15.6 Å². The molecule has 4 rings (SSSR count). The van der Waals surface area contributed by atoms with E-state index in [1.54, 1.807) is 31.4 Å². The number of pyridine rings is 1. The van der Waals surface area contributed by atoms with E-state index >= 15 is 0 Å². The lowest BCUT2D eigenvalue weighted by molar-refractivity contribution is -0.125. The van der Waals surface area contributed by atoms with Gasteiger partial charge in [-0.2, -0.15) is 0 Å². The molecule has 0 aliphatic carbocycles. The Morgan fingerprint density at radius 2 is 1.83 bits per heavy atom. The summed E-state index contributed by atoms with van der Waals surface area (Å²) in [5, 5.41) is 5.93. The molecule has 2 heterocycles. The third-order valence-corrected chi connectivity index (χ3v) is 6.26. The van der Waals surface area contributed by atoms with Crippen LogP contribution in [0, 0.1) is 12.8 Å². The average Bonchev–Trinajstić information content (AvgIpc) is 3.34. The molecule has 0 spiro atoms. The summed E-state index contributed by atoms with van der Waals surface area (Å²) in [4.78, 5) is 32.4. The number of hydrogen-bond acceptors (Lipinski definition) is 5. The summed E-state index contributed by atoms with van der Waals surface area (Å²) in [5.41, 5.74) is 3.45. The lowest BCUT2D eigenvalue weighted by atomic mass is 9.87. The van der Waals surface area contributed by atoms with Crippen molar-refractivity contribution in [2.24, 2.45) is 5.92 Å². The summed E-state index contributed by atoms with van der Waals surface area (Å²) < 4.78 is 10.9. The second-order valence-corrected chi connectivity index (χ2v) is 8.56. The van der Waals surface area contributed by atoms with Crippen molar-refractivity contribution in [2.45, 2.75) is 19.4 Å². The quantitative estimate of drug-likeness (QED) is 0.541. The summed E-state index contributed by atoms with van der Waals surface area (Å²) in [6, 6.07) is 18.5. The maximum absolute atomic E-state index is 13.3. The van der Waals surface area contributed by atoms with Gasteiger partial charge < -0.3 is 25.0 Å². The van der Waals surface area contributed by atoms with Gasteiger partial charge in [0, 0.05) is 42.5 Å². The van der Waals surface area contributed by atoms with Crippen molar-refractivity contribution < 1.29 is 19.1 Å². The molecular weight excluding hydrogens is 444 g/mol. The third kappa shape index (κ3) is 5.71. The molecule has 182 valence electrons. The van der Waals surface area contributed by atoms with Crippen LogP contribution in [-0.4, -0.2) is 49.1 Å². The van der Waals surface area contributed by atoms with E-state index in [-0.39, 0.29) is 24.4 Å². The average molecular weight is 475 g/mol. The van der Waals surface area contributed by atoms with Crippen LogP contribution in [0.4, 0.5) is 10.5 Å². The lowest BCUT2D eigenvalue weighted by Crippen LogP contribution is -2.36. The minimum absolute atomic E-state index is 0.135. The zero-order chi connectivity index (χ0) is 24.8. The Bertz CT molecular complexity index is 1170. The second-order valence-electron chi connectivity index (χ2n) is 8.56. The van der Waals surface area contributed by atoms with Crippen LogP contribution in [0.25, 0.3) is 0 Å². The molecule has 8 heteroatoms. The Kier molecular flexibility index (Phi) is 7.50. The SMILES string of the molecule is COc1ccc(C2CN(C(=O)Nc3ccc(C)cc3)CC2C(=O)NCc2ccccn2)c(OC)c1.